The number of benzene rings is 1. The predicted molar refractivity (Wildman–Crippen MR) is 58.3 cm³/mol. The van der Waals surface area contributed by atoms with Crippen molar-refractivity contribution in [2.45, 2.75) is 25.1 Å². The molecule has 1 aromatic rings. The smallest absolute Gasteiger partial charge is 0.324 e. The Bertz CT molecular complexity index is 360. The van der Waals surface area contributed by atoms with Crippen molar-refractivity contribution < 1.29 is 13.2 Å². The van der Waals surface area contributed by atoms with Gasteiger partial charge in [-0.2, -0.15) is 13.2 Å². The topological polar surface area (TPSA) is 26.0 Å². The number of halogens is 4. The Morgan fingerprint density at radius 2 is 1.75 bits per heavy atom. The quantitative estimate of drug-likeness (QED) is 0.855. The Morgan fingerprint density at radius 1 is 1.19 bits per heavy atom. The van der Waals surface area contributed by atoms with Crippen LogP contribution in [0.4, 0.5) is 13.2 Å². The molecule has 2 rings (SSSR count). The summed E-state index contributed by atoms with van der Waals surface area (Å²) in [5, 5.41) is 0. The van der Waals surface area contributed by atoms with E-state index in [2.05, 4.69) is 0 Å². The van der Waals surface area contributed by atoms with E-state index in [9.17, 15) is 13.2 Å². The molecule has 16 heavy (non-hydrogen) atoms. The van der Waals surface area contributed by atoms with Crippen LogP contribution in [0, 0.1) is 5.92 Å². The van der Waals surface area contributed by atoms with Crippen molar-refractivity contribution in [3.63, 3.8) is 0 Å². The van der Waals surface area contributed by atoms with E-state index >= 15 is 0 Å². The second kappa shape index (κ2) is 4.63. The van der Waals surface area contributed by atoms with Gasteiger partial charge < -0.3 is 5.73 Å². The highest BCUT2D eigenvalue weighted by molar-refractivity contribution is 5.85. The minimum atomic E-state index is -4.30. The zero-order valence-electron chi connectivity index (χ0n) is 8.50. The lowest BCUT2D eigenvalue weighted by Gasteiger charge is -2.17. The van der Waals surface area contributed by atoms with Gasteiger partial charge in [-0.05, 0) is 30.4 Å². The van der Waals surface area contributed by atoms with Gasteiger partial charge in [0.15, 0.2) is 0 Å². The van der Waals surface area contributed by atoms with Crippen molar-refractivity contribution in [3.8, 4) is 0 Å². The Balaban J connectivity index is 0.00000128. The molecule has 90 valence electrons. The molecule has 0 heterocycles. The first-order chi connectivity index (χ1) is 7.00. The molecule has 0 bridgehead atoms. The van der Waals surface area contributed by atoms with E-state index in [1.807, 2.05) is 0 Å². The van der Waals surface area contributed by atoms with Crippen molar-refractivity contribution in [2.24, 2.45) is 11.7 Å². The van der Waals surface area contributed by atoms with Crippen molar-refractivity contribution in [1.29, 1.82) is 0 Å². The fraction of sp³-hybridized carbons (Fsp3) is 0.455. The standard InChI is InChI=1S/C11H12F3N.ClH/c12-11(13,14)9-4-2-1-3-8(9)10(15)7-5-6-7;/h1-4,7,10H,5-6,15H2;1H/t10-;/m1./s1. The third-order valence-electron chi connectivity index (χ3n) is 2.76. The predicted octanol–water partition coefficient (Wildman–Crippen LogP) is 3.54. The van der Waals surface area contributed by atoms with Gasteiger partial charge in [-0.3, -0.25) is 0 Å². The highest BCUT2D eigenvalue weighted by Crippen LogP contribution is 2.43. The first kappa shape index (κ1) is 13.3. The first-order valence-corrected chi connectivity index (χ1v) is 4.92. The molecule has 0 spiro atoms. The van der Waals surface area contributed by atoms with Crippen LogP contribution in [0.1, 0.15) is 30.0 Å². The fourth-order valence-corrected chi connectivity index (χ4v) is 1.76. The minimum Gasteiger partial charge on any atom is -0.324 e. The second-order valence-corrected chi connectivity index (χ2v) is 3.95. The van der Waals surface area contributed by atoms with Gasteiger partial charge in [0.2, 0.25) is 0 Å². The van der Waals surface area contributed by atoms with Crippen LogP contribution in [0.3, 0.4) is 0 Å². The molecular formula is C11H13ClF3N. The largest absolute Gasteiger partial charge is 0.416 e. The summed E-state index contributed by atoms with van der Waals surface area (Å²) in [5.41, 5.74) is 5.43. The normalized spacial score (nSPS) is 17.8. The molecule has 0 amide bonds. The van der Waals surface area contributed by atoms with Gasteiger partial charge in [0, 0.05) is 6.04 Å². The van der Waals surface area contributed by atoms with Crippen LogP contribution >= 0.6 is 12.4 Å². The summed E-state index contributed by atoms with van der Waals surface area (Å²) in [6.07, 6.45) is -2.43. The van der Waals surface area contributed by atoms with Gasteiger partial charge in [-0.15, -0.1) is 12.4 Å². The molecule has 0 aliphatic heterocycles. The first-order valence-electron chi connectivity index (χ1n) is 4.92. The highest BCUT2D eigenvalue weighted by atomic mass is 35.5. The molecule has 1 aliphatic rings. The zero-order chi connectivity index (χ0) is 11.1. The van der Waals surface area contributed by atoms with Gasteiger partial charge in [0.05, 0.1) is 5.56 Å². The highest BCUT2D eigenvalue weighted by Gasteiger charge is 2.38. The number of nitrogens with two attached hydrogens (primary N) is 1. The molecule has 0 saturated heterocycles. The average molecular weight is 252 g/mol. The van der Waals surface area contributed by atoms with Gasteiger partial charge in [-0.25, -0.2) is 0 Å². The second-order valence-electron chi connectivity index (χ2n) is 3.95. The Labute approximate surface area is 98.2 Å². The van der Waals surface area contributed by atoms with Crippen LogP contribution in [0.25, 0.3) is 0 Å². The maximum atomic E-state index is 12.6. The lowest BCUT2D eigenvalue weighted by Crippen LogP contribution is -2.18. The maximum Gasteiger partial charge on any atom is 0.416 e. The summed E-state index contributed by atoms with van der Waals surface area (Å²) in [6.45, 7) is 0. The molecule has 0 aromatic heterocycles. The summed E-state index contributed by atoms with van der Waals surface area (Å²) in [5.74, 6) is 0.230. The van der Waals surface area contributed by atoms with Crippen LogP contribution in [-0.4, -0.2) is 0 Å². The van der Waals surface area contributed by atoms with Crippen LogP contribution in [0.15, 0.2) is 24.3 Å². The van der Waals surface area contributed by atoms with E-state index in [4.69, 9.17) is 5.73 Å². The number of hydrogen-bond acceptors (Lipinski definition) is 1. The lowest BCUT2D eigenvalue weighted by atomic mass is 9.97. The van der Waals surface area contributed by atoms with Crippen LogP contribution in [0.5, 0.6) is 0 Å². The molecule has 1 aromatic carbocycles. The Hall–Kier alpha value is -0.740. The number of hydrogen-bond donors (Lipinski definition) is 1. The zero-order valence-corrected chi connectivity index (χ0v) is 9.31. The molecule has 5 heteroatoms. The minimum absolute atomic E-state index is 0. The molecule has 1 fully saturated rings. The van der Waals surface area contributed by atoms with Crippen molar-refractivity contribution in [1.82, 2.24) is 0 Å². The van der Waals surface area contributed by atoms with Crippen molar-refractivity contribution in [2.75, 3.05) is 0 Å². The Morgan fingerprint density at radius 3 is 2.25 bits per heavy atom. The SMILES string of the molecule is Cl.N[C@@H](c1ccccc1C(F)(F)F)C1CC1. The molecular weight excluding hydrogens is 239 g/mol. The van der Waals surface area contributed by atoms with Crippen molar-refractivity contribution in [3.05, 3.63) is 35.4 Å². The molecule has 1 nitrogen and oxygen atoms in total. The molecule has 1 atom stereocenters. The van der Waals surface area contributed by atoms with Gasteiger partial charge in [0.1, 0.15) is 0 Å². The Kier molecular flexibility index (Phi) is 3.86. The summed E-state index contributed by atoms with van der Waals surface area (Å²) >= 11 is 0. The van der Waals surface area contributed by atoms with Crippen LogP contribution < -0.4 is 5.73 Å². The lowest BCUT2D eigenvalue weighted by molar-refractivity contribution is -0.138. The maximum absolute atomic E-state index is 12.6. The molecule has 0 radical (unpaired) electrons. The van der Waals surface area contributed by atoms with Gasteiger partial charge in [0.25, 0.3) is 0 Å². The molecule has 2 N–H and O–H groups in total. The van der Waals surface area contributed by atoms with Gasteiger partial charge in [-0.1, -0.05) is 18.2 Å². The molecule has 1 saturated carbocycles. The summed E-state index contributed by atoms with van der Waals surface area (Å²) in [7, 11) is 0. The summed E-state index contributed by atoms with van der Waals surface area (Å²) < 4.78 is 37.9. The monoisotopic (exact) mass is 251 g/mol. The summed E-state index contributed by atoms with van der Waals surface area (Å²) in [4.78, 5) is 0. The van der Waals surface area contributed by atoms with Crippen LogP contribution in [0.2, 0.25) is 0 Å². The third-order valence-corrected chi connectivity index (χ3v) is 2.76. The molecule has 0 unspecified atom stereocenters. The van der Waals surface area contributed by atoms with E-state index < -0.39 is 17.8 Å². The van der Waals surface area contributed by atoms with E-state index in [1.54, 1.807) is 6.07 Å². The number of rotatable bonds is 2. The van der Waals surface area contributed by atoms with Gasteiger partial charge >= 0.3 is 6.18 Å². The average Bonchev–Trinajstić information content (AvgIpc) is 2.98. The third kappa shape index (κ3) is 2.68. The van der Waals surface area contributed by atoms with Crippen LogP contribution in [-0.2, 0) is 6.18 Å². The summed E-state index contributed by atoms with van der Waals surface area (Å²) in [6, 6.07) is 5.10. The molecule has 1 aliphatic carbocycles. The van der Waals surface area contributed by atoms with E-state index in [0.717, 1.165) is 18.9 Å². The van der Waals surface area contributed by atoms with E-state index in [-0.39, 0.29) is 23.9 Å². The number of alkyl halides is 3. The van der Waals surface area contributed by atoms with E-state index in [0.29, 0.717) is 0 Å². The van der Waals surface area contributed by atoms with E-state index in [1.165, 1.54) is 12.1 Å². The van der Waals surface area contributed by atoms with Crippen molar-refractivity contribution >= 4 is 12.4 Å². The fourth-order valence-electron chi connectivity index (χ4n) is 1.76.